The topological polar surface area (TPSA) is 65.8 Å². The first-order chi connectivity index (χ1) is 3.06. The summed E-state index contributed by atoms with van der Waals surface area (Å²) in [5.74, 6) is 0. The second-order valence-electron chi connectivity index (χ2n) is 0.614. The average molecular weight is 127 g/mol. The molecule has 40 valence electrons. The van der Waals surface area contributed by atoms with Gasteiger partial charge in [-0.3, -0.25) is 0 Å². The second kappa shape index (κ2) is 1.91. The molecule has 0 aromatic heterocycles. The summed E-state index contributed by atoms with van der Waals surface area (Å²) in [4.78, 5) is 3.28. The van der Waals surface area contributed by atoms with Gasteiger partial charge in [-0.05, 0) is 5.53 Å². The van der Waals surface area contributed by atoms with Crippen LogP contribution in [0.1, 0.15) is 0 Å². The van der Waals surface area contributed by atoms with E-state index in [2.05, 4.69) is 0 Å². The molecule has 4 nitrogen and oxygen atoms in total. The van der Waals surface area contributed by atoms with Crippen LogP contribution in [0.15, 0.2) is 4.88 Å². The summed E-state index contributed by atoms with van der Waals surface area (Å²) in [5, 5.41) is 0. The molecule has 0 fully saturated rings. The van der Waals surface area contributed by atoms with Crippen LogP contribution in [0.25, 0.3) is 10.4 Å². The van der Waals surface area contributed by atoms with E-state index in [1.807, 2.05) is 0 Å². The molecule has 7 heteroatoms. The van der Waals surface area contributed by atoms with E-state index in [4.69, 9.17) is 10.1 Å². The number of rotatable bonds is 1. The molecule has 0 aromatic carbocycles. The molecule has 0 spiro atoms. The van der Waals surface area contributed by atoms with Crippen molar-refractivity contribution in [2.24, 2.45) is 4.88 Å². The van der Waals surface area contributed by atoms with Crippen LogP contribution in [0.2, 0.25) is 0 Å². The molecule has 0 rings (SSSR count). The minimum absolute atomic E-state index is 1.62. The SMILES string of the molecule is [N-]=[N+]=NP(=O)(F)F. The molecule has 0 aromatic rings. The van der Waals surface area contributed by atoms with Gasteiger partial charge in [0.15, 0.2) is 0 Å². The van der Waals surface area contributed by atoms with E-state index < -0.39 is 7.91 Å². The van der Waals surface area contributed by atoms with Crippen molar-refractivity contribution in [1.82, 2.24) is 0 Å². The Morgan fingerprint density at radius 1 is 1.71 bits per heavy atom. The minimum atomic E-state index is -5.46. The van der Waals surface area contributed by atoms with Gasteiger partial charge in [0.2, 0.25) is 0 Å². The average Bonchev–Trinajstić information content (AvgIpc) is 1.30. The smallest absolute Gasteiger partial charge is 0.242 e. The molecular formula is F2N3OP. The third-order valence-corrected chi connectivity index (χ3v) is 0.432. The van der Waals surface area contributed by atoms with Crippen molar-refractivity contribution < 1.29 is 13.0 Å². The van der Waals surface area contributed by atoms with Crippen LogP contribution in [0.4, 0.5) is 8.39 Å². The number of azide groups is 1. The Labute approximate surface area is 37.4 Å². The molecule has 0 aliphatic heterocycles. The number of hydrogen-bond donors (Lipinski definition) is 0. The maximum atomic E-state index is 10.9. The first-order valence-corrected chi connectivity index (χ1v) is 2.56. The number of halogens is 2. The minimum Gasteiger partial charge on any atom is -0.242 e. The zero-order chi connectivity index (χ0) is 5.91. The van der Waals surface area contributed by atoms with Crippen molar-refractivity contribution in [1.29, 1.82) is 0 Å². The van der Waals surface area contributed by atoms with Gasteiger partial charge in [-0.25, -0.2) is 4.57 Å². The first-order valence-electron chi connectivity index (χ1n) is 1.12. The summed E-state index contributed by atoms with van der Waals surface area (Å²) in [6.07, 6.45) is 0. The van der Waals surface area contributed by atoms with Crippen molar-refractivity contribution in [3.05, 3.63) is 10.4 Å². The van der Waals surface area contributed by atoms with Gasteiger partial charge in [-0.15, -0.1) is 8.39 Å². The fourth-order valence-corrected chi connectivity index (χ4v) is 0.140. The monoisotopic (exact) mass is 127 g/mol. The lowest BCUT2D eigenvalue weighted by atomic mass is 13.0. The normalized spacial score (nSPS) is 10.0. The highest BCUT2D eigenvalue weighted by molar-refractivity contribution is 7.51. The summed E-state index contributed by atoms with van der Waals surface area (Å²) in [5.41, 5.74) is 7.21. The Morgan fingerprint density at radius 3 is 2.14 bits per heavy atom. The summed E-state index contributed by atoms with van der Waals surface area (Å²) in [6.45, 7) is 0. The number of nitrogens with zero attached hydrogens (tertiary/aromatic N) is 3. The van der Waals surface area contributed by atoms with Gasteiger partial charge in [-0.1, -0.05) is 0 Å². The Morgan fingerprint density at radius 2 is 2.14 bits per heavy atom. The van der Waals surface area contributed by atoms with E-state index in [0.717, 1.165) is 0 Å². The maximum absolute atomic E-state index is 10.9. The van der Waals surface area contributed by atoms with Gasteiger partial charge in [-0.2, -0.15) is 0 Å². The molecule has 0 heterocycles. The molecule has 0 unspecified atom stereocenters. The van der Waals surface area contributed by atoms with Crippen molar-refractivity contribution >= 4 is 7.91 Å². The van der Waals surface area contributed by atoms with Crippen molar-refractivity contribution in [2.45, 2.75) is 0 Å². The molecule has 0 radical (unpaired) electrons. The fraction of sp³-hybridized carbons (Fsp3) is 0. The van der Waals surface area contributed by atoms with Gasteiger partial charge in [0.25, 0.3) is 0 Å². The zero-order valence-electron chi connectivity index (χ0n) is 2.95. The molecule has 0 aliphatic carbocycles. The van der Waals surface area contributed by atoms with E-state index in [9.17, 15) is 8.39 Å². The van der Waals surface area contributed by atoms with Crippen LogP contribution in [-0.2, 0) is 4.57 Å². The first kappa shape index (κ1) is 6.40. The summed E-state index contributed by atoms with van der Waals surface area (Å²) >= 11 is 0. The van der Waals surface area contributed by atoms with Gasteiger partial charge in [0.05, 0.1) is 0 Å². The Bertz CT molecular complexity index is 141. The summed E-state index contributed by atoms with van der Waals surface area (Å²) in [6, 6.07) is 0. The van der Waals surface area contributed by atoms with Crippen LogP contribution in [0.5, 0.6) is 0 Å². The van der Waals surface area contributed by atoms with Gasteiger partial charge < -0.3 is 0 Å². The van der Waals surface area contributed by atoms with Crippen LogP contribution in [0.3, 0.4) is 0 Å². The maximum Gasteiger partial charge on any atom is 0.493 e. The highest BCUT2D eigenvalue weighted by atomic mass is 31.2. The van der Waals surface area contributed by atoms with Crippen LogP contribution < -0.4 is 0 Å². The van der Waals surface area contributed by atoms with Gasteiger partial charge >= 0.3 is 7.91 Å². The lowest BCUT2D eigenvalue weighted by Gasteiger charge is -1.76. The Balaban J connectivity index is 4.10. The molecule has 0 saturated heterocycles. The van der Waals surface area contributed by atoms with E-state index in [1.165, 1.54) is 0 Å². The van der Waals surface area contributed by atoms with Crippen LogP contribution in [-0.4, -0.2) is 0 Å². The Kier molecular flexibility index (Phi) is 1.75. The standard InChI is InChI=1S/F2N3OP/c1-7(2,6)5-4-3. The lowest BCUT2D eigenvalue weighted by Crippen LogP contribution is -1.41. The van der Waals surface area contributed by atoms with Gasteiger partial charge in [0.1, 0.15) is 0 Å². The molecule has 0 N–H and O–H groups in total. The quantitative estimate of drug-likeness (QED) is 0.230. The summed E-state index contributed by atoms with van der Waals surface area (Å²) < 4.78 is 30.8. The molecular weight excluding hydrogens is 127 g/mol. The molecule has 0 amide bonds. The molecule has 0 saturated carbocycles. The van der Waals surface area contributed by atoms with Crippen molar-refractivity contribution in [2.75, 3.05) is 0 Å². The number of hydrogen-bond acceptors (Lipinski definition) is 1. The molecule has 0 atom stereocenters. The summed E-state index contributed by atoms with van der Waals surface area (Å²) in [7, 11) is -5.46. The van der Waals surface area contributed by atoms with E-state index >= 15 is 0 Å². The van der Waals surface area contributed by atoms with Crippen LogP contribution >= 0.6 is 7.91 Å². The molecule has 0 aliphatic rings. The highest BCUT2D eigenvalue weighted by Gasteiger charge is 2.13. The van der Waals surface area contributed by atoms with Crippen molar-refractivity contribution in [3.63, 3.8) is 0 Å². The fourth-order valence-electron chi connectivity index (χ4n) is 0.0466. The predicted molar refractivity (Wildman–Crippen MR) is 19.0 cm³/mol. The largest absolute Gasteiger partial charge is 0.493 e. The third kappa shape index (κ3) is 5.40. The van der Waals surface area contributed by atoms with Crippen molar-refractivity contribution in [3.8, 4) is 0 Å². The lowest BCUT2D eigenvalue weighted by molar-refractivity contribution is 0.496. The highest BCUT2D eigenvalue weighted by Crippen LogP contribution is 2.50. The third-order valence-electron chi connectivity index (χ3n) is 0.144. The van der Waals surface area contributed by atoms with Crippen LogP contribution in [0, 0.1) is 0 Å². The predicted octanol–water partition coefficient (Wildman–Crippen LogP) is 2.34. The van der Waals surface area contributed by atoms with E-state index in [0.29, 0.717) is 0 Å². The van der Waals surface area contributed by atoms with E-state index in [-0.39, 0.29) is 0 Å². The Hall–Kier alpha value is -0.600. The van der Waals surface area contributed by atoms with Gasteiger partial charge in [0, 0.05) is 9.80 Å². The second-order valence-corrected chi connectivity index (χ2v) is 1.66. The molecule has 0 bridgehead atoms. The zero-order valence-corrected chi connectivity index (χ0v) is 3.85. The van der Waals surface area contributed by atoms with E-state index in [1.54, 1.807) is 9.80 Å². The molecule has 7 heavy (non-hydrogen) atoms.